The van der Waals surface area contributed by atoms with Crippen molar-refractivity contribution in [3.05, 3.63) is 47.5 Å². The van der Waals surface area contributed by atoms with E-state index < -0.39 is 6.04 Å². The number of amides is 2. The van der Waals surface area contributed by atoms with E-state index in [-0.39, 0.29) is 17.4 Å². The highest BCUT2D eigenvalue weighted by molar-refractivity contribution is 5.87. The van der Waals surface area contributed by atoms with Crippen LogP contribution in [0.4, 0.5) is 0 Å². The van der Waals surface area contributed by atoms with E-state index in [1.165, 1.54) is 5.69 Å². The van der Waals surface area contributed by atoms with Crippen molar-refractivity contribution in [2.45, 2.75) is 50.6 Å². The fourth-order valence-electron chi connectivity index (χ4n) is 4.66. The molecular formula is C23H31N5O3. The van der Waals surface area contributed by atoms with Gasteiger partial charge in [0.05, 0.1) is 24.7 Å². The molecule has 1 saturated heterocycles. The number of aromatic nitrogens is 2. The molecule has 2 aliphatic heterocycles. The van der Waals surface area contributed by atoms with Gasteiger partial charge in [0.25, 0.3) is 0 Å². The molecule has 8 heteroatoms. The van der Waals surface area contributed by atoms with Gasteiger partial charge < -0.3 is 25.3 Å². The molecule has 2 amide bonds. The molecule has 1 fully saturated rings. The summed E-state index contributed by atoms with van der Waals surface area (Å²) in [4.78, 5) is 34.9. The number of imidazole rings is 1. The van der Waals surface area contributed by atoms with Crippen molar-refractivity contribution in [2.75, 3.05) is 26.7 Å². The Bertz CT molecular complexity index is 916. The Kier molecular flexibility index (Phi) is 6.27. The number of hydrogen-bond donors (Lipinski definition) is 3. The second kappa shape index (κ2) is 9.09. The average molecular weight is 426 g/mol. The van der Waals surface area contributed by atoms with Crippen LogP contribution in [0, 0.1) is 0 Å². The number of benzene rings is 1. The summed E-state index contributed by atoms with van der Waals surface area (Å²) >= 11 is 0. The highest BCUT2D eigenvalue weighted by Crippen LogP contribution is 2.35. The molecule has 31 heavy (non-hydrogen) atoms. The number of methoxy groups -OCH3 is 1. The molecule has 0 aliphatic carbocycles. The van der Waals surface area contributed by atoms with Gasteiger partial charge >= 0.3 is 0 Å². The Morgan fingerprint density at radius 3 is 2.71 bits per heavy atom. The minimum absolute atomic E-state index is 0.0225. The van der Waals surface area contributed by atoms with Crippen molar-refractivity contribution in [1.29, 1.82) is 0 Å². The van der Waals surface area contributed by atoms with Crippen LogP contribution in [0.25, 0.3) is 0 Å². The number of aryl methyl sites for hydroxylation is 1. The fraction of sp³-hybridized carbons (Fsp3) is 0.522. The lowest BCUT2D eigenvalue weighted by Crippen LogP contribution is -2.57. The summed E-state index contributed by atoms with van der Waals surface area (Å²) < 4.78 is 5.15. The molecule has 2 aromatic rings. The Balaban J connectivity index is 1.26. The van der Waals surface area contributed by atoms with Crippen LogP contribution in [0.5, 0.6) is 5.75 Å². The summed E-state index contributed by atoms with van der Waals surface area (Å²) in [6.45, 7) is 4.00. The van der Waals surface area contributed by atoms with Crippen LogP contribution in [0.2, 0.25) is 0 Å². The first-order valence-corrected chi connectivity index (χ1v) is 11.0. The predicted octanol–water partition coefficient (Wildman–Crippen LogP) is 1.52. The van der Waals surface area contributed by atoms with Crippen molar-refractivity contribution in [2.24, 2.45) is 0 Å². The van der Waals surface area contributed by atoms with Gasteiger partial charge in [-0.1, -0.05) is 12.1 Å². The molecule has 1 spiro atoms. The van der Waals surface area contributed by atoms with E-state index >= 15 is 0 Å². The molecule has 1 aromatic heterocycles. The van der Waals surface area contributed by atoms with E-state index in [4.69, 9.17) is 4.74 Å². The minimum atomic E-state index is -0.530. The number of rotatable bonds is 6. The van der Waals surface area contributed by atoms with Crippen LogP contribution in [-0.4, -0.2) is 59.5 Å². The summed E-state index contributed by atoms with van der Waals surface area (Å²) in [6, 6.07) is 7.14. The predicted molar refractivity (Wildman–Crippen MR) is 117 cm³/mol. The number of fused-ring (bicyclic) bond motifs is 2. The van der Waals surface area contributed by atoms with Gasteiger partial charge in [0.1, 0.15) is 11.8 Å². The topological polar surface area (TPSA) is 99.4 Å². The molecule has 1 aromatic carbocycles. The second-order valence-corrected chi connectivity index (χ2v) is 8.45. The van der Waals surface area contributed by atoms with Crippen molar-refractivity contribution >= 4 is 11.8 Å². The zero-order valence-corrected chi connectivity index (χ0v) is 18.2. The number of hydrogen-bond acceptors (Lipinski definition) is 5. The Hall–Kier alpha value is -2.87. The number of nitrogens with one attached hydrogen (secondary N) is 3. The minimum Gasteiger partial charge on any atom is -0.497 e. The first-order valence-electron chi connectivity index (χ1n) is 11.0. The van der Waals surface area contributed by atoms with E-state index in [2.05, 4.69) is 20.6 Å². The average Bonchev–Trinajstić information content (AvgIpc) is 3.29. The molecule has 1 unspecified atom stereocenters. The maximum atomic E-state index is 12.9. The molecule has 1 atom stereocenters. The van der Waals surface area contributed by atoms with Crippen molar-refractivity contribution in [3.63, 3.8) is 0 Å². The van der Waals surface area contributed by atoms with Gasteiger partial charge in [0, 0.05) is 38.2 Å². The van der Waals surface area contributed by atoms with Crippen LogP contribution < -0.4 is 15.4 Å². The van der Waals surface area contributed by atoms with Gasteiger partial charge in [-0.2, -0.15) is 0 Å². The maximum absolute atomic E-state index is 12.9. The first-order chi connectivity index (χ1) is 15.0. The third kappa shape index (κ3) is 4.58. The first kappa shape index (κ1) is 21.4. The van der Waals surface area contributed by atoms with Crippen LogP contribution in [0.3, 0.4) is 0 Å². The standard InChI is InChI=1S/C23H31N5O3/c1-16(27-20(29)8-5-17-3-6-18(31-2)7-4-17)22(30)28-13-10-23(11-14-28)21-19(9-12-26-23)24-15-25-21/h3-4,6-7,15-16,26H,5,8-14H2,1-2H3,(H,24,25)(H,27,29). The van der Waals surface area contributed by atoms with Gasteiger partial charge in [-0.15, -0.1) is 0 Å². The summed E-state index contributed by atoms with van der Waals surface area (Å²) in [5, 5.41) is 6.50. The quantitative estimate of drug-likeness (QED) is 0.652. The van der Waals surface area contributed by atoms with Gasteiger partial charge in [0.2, 0.25) is 11.8 Å². The molecule has 0 saturated carbocycles. The molecule has 8 nitrogen and oxygen atoms in total. The molecule has 2 aliphatic rings. The van der Waals surface area contributed by atoms with E-state index in [9.17, 15) is 9.59 Å². The molecule has 0 radical (unpaired) electrons. The second-order valence-electron chi connectivity index (χ2n) is 8.45. The summed E-state index contributed by atoms with van der Waals surface area (Å²) in [5.74, 6) is 0.661. The Morgan fingerprint density at radius 2 is 2.00 bits per heavy atom. The van der Waals surface area contributed by atoms with Crippen LogP contribution in [0.15, 0.2) is 30.6 Å². The third-order valence-electron chi connectivity index (χ3n) is 6.49. The molecule has 166 valence electrons. The largest absolute Gasteiger partial charge is 0.497 e. The van der Waals surface area contributed by atoms with Crippen molar-refractivity contribution in [3.8, 4) is 5.75 Å². The maximum Gasteiger partial charge on any atom is 0.244 e. The number of aromatic amines is 1. The Morgan fingerprint density at radius 1 is 1.26 bits per heavy atom. The van der Waals surface area contributed by atoms with Crippen molar-refractivity contribution < 1.29 is 14.3 Å². The van der Waals surface area contributed by atoms with E-state index in [1.54, 1.807) is 20.4 Å². The highest BCUT2D eigenvalue weighted by Gasteiger charge is 2.42. The number of piperidine rings is 1. The smallest absolute Gasteiger partial charge is 0.244 e. The van der Waals surface area contributed by atoms with Crippen molar-refractivity contribution in [1.82, 2.24) is 25.5 Å². The number of likely N-dealkylation sites (tertiary alicyclic amines) is 1. The monoisotopic (exact) mass is 425 g/mol. The van der Waals surface area contributed by atoms with Crippen LogP contribution in [-0.2, 0) is 28.0 Å². The van der Waals surface area contributed by atoms with Crippen LogP contribution >= 0.6 is 0 Å². The fourth-order valence-corrected chi connectivity index (χ4v) is 4.66. The number of carbonyl (C=O) groups excluding carboxylic acids is 2. The lowest BCUT2D eigenvalue weighted by Gasteiger charge is -2.44. The summed E-state index contributed by atoms with van der Waals surface area (Å²) in [6.07, 6.45) is 5.35. The Labute approximate surface area is 182 Å². The molecule has 0 bridgehead atoms. The van der Waals surface area contributed by atoms with E-state index in [0.29, 0.717) is 25.9 Å². The zero-order chi connectivity index (χ0) is 21.8. The van der Waals surface area contributed by atoms with Gasteiger partial charge in [0.15, 0.2) is 0 Å². The van der Waals surface area contributed by atoms with Gasteiger partial charge in [-0.25, -0.2) is 4.98 Å². The SMILES string of the molecule is COc1ccc(CCC(=O)NC(C)C(=O)N2CCC3(CC2)NCCc2[nH]cnc23)cc1. The number of nitrogens with zero attached hydrogens (tertiary/aromatic N) is 2. The van der Waals surface area contributed by atoms with E-state index in [0.717, 1.165) is 42.8 Å². The molecule has 4 rings (SSSR count). The lowest BCUT2D eigenvalue weighted by atomic mass is 9.80. The number of carbonyl (C=O) groups is 2. The summed E-state index contributed by atoms with van der Waals surface area (Å²) in [7, 11) is 1.63. The number of ether oxygens (including phenoxy) is 1. The van der Waals surface area contributed by atoms with Gasteiger partial charge in [-0.3, -0.25) is 9.59 Å². The number of H-pyrrole nitrogens is 1. The lowest BCUT2D eigenvalue weighted by molar-refractivity contribution is -0.137. The highest BCUT2D eigenvalue weighted by atomic mass is 16.5. The zero-order valence-electron chi connectivity index (χ0n) is 18.2. The normalized spacial score (nSPS) is 18.3. The van der Waals surface area contributed by atoms with E-state index in [1.807, 2.05) is 29.2 Å². The third-order valence-corrected chi connectivity index (χ3v) is 6.49. The summed E-state index contributed by atoms with van der Waals surface area (Å²) in [5.41, 5.74) is 3.23. The van der Waals surface area contributed by atoms with Gasteiger partial charge in [-0.05, 0) is 43.9 Å². The van der Waals surface area contributed by atoms with Crippen LogP contribution in [0.1, 0.15) is 43.1 Å². The molecule has 3 heterocycles. The molecular weight excluding hydrogens is 394 g/mol. The molecule has 3 N–H and O–H groups in total.